The van der Waals surface area contributed by atoms with Crippen LogP contribution < -0.4 is 5.73 Å². The van der Waals surface area contributed by atoms with Crippen molar-refractivity contribution in [1.82, 2.24) is 0 Å². The summed E-state index contributed by atoms with van der Waals surface area (Å²) < 4.78 is 0. The summed E-state index contributed by atoms with van der Waals surface area (Å²) in [6.45, 7) is 5.90. The molecular weight excluding hydrogens is 181 g/mol. The lowest BCUT2D eigenvalue weighted by Gasteiger charge is -2.06. The standard InChI is InChI=1S/C7H6O.C4H11N.FH/c8-6-7-4-2-1-3-5-7;1-4(2,3)5;/h1-6H;5H2,1-3H3;1H. The summed E-state index contributed by atoms with van der Waals surface area (Å²) in [4.78, 5) is 10.0. The van der Waals surface area contributed by atoms with Gasteiger partial charge in [-0.3, -0.25) is 9.50 Å². The van der Waals surface area contributed by atoms with Gasteiger partial charge in [-0.25, -0.2) is 0 Å². The summed E-state index contributed by atoms with van der Waals surface area (Å²) >= 11 is 0. The zero-order valence-corrected chi connectivity index (χ0v) is 8.86. The number of aldehydes is 1. The molecule has 0 spiro atoms. The van der Waals surface area contributed by atoms with Gasteiger partial charge in [0.05, 0.1) is 0 Å². The lowest BCUT2D eigenvalue weighted by Crippen LogP contribution is -2.26. The second kappa shape index (κ2) is 7.21. The third kappa shape index (κ3) is 13.4. The van der Waals surface area contributed by atoms with Gasteiger partial charge in [0.15, 0.2) is 0 Å². The van der Waals surface area contributed by atoms with Crippen molar-refractivity contribution in [2.45, 2.75) is 26.3 Å². The van der Waals surface area contributed by atoms with Crippen LogP contribution in [0, 0.1) is 0 Å². The molecule has 0 unspecified atom stereocenters. The Bertz CT molecular complexity index is 235. The van der Waals surface area contributed by atoms with Crippen molar-refractivity contribution in [2.24, 2.45) is 5.73 Å². The molecule has 14 heavy (non-hydrogen) atoms. The van der Waals surface area contributed by atoms with Crippen molar-refractivity contribution in [3.05, 3.63) is 35.9 Å². The highest BCUT2D eigenvalue weighted by Gasteiger charge is 1.95. The summed E-state index contributed by atoms with van der Waals surface area (Å²) in [5.74, 6) is 0. The van der Waals surface area contributed by atoms with Crippen LogP contribution in [0.15, 0.2) is 30.3 Å². The SMILES string of the molecule is CC(C)(C)N.F.O=Cc1ccccc1. The van der Waals surface area contributed by atoms with Crippen molar-refractivity contribution in [1.29, 1.82) is 0 Å². The molecule has 0 aliphatic heterocycles. The van der Waals surface area contributed by atoms with E-state index in [0.29, 0.717) is 0 Å². The predicted octanol–water partition coefficient (Wildman–Crippen LogP) is 2.40. The fourth-order valence-corrected chi connectivity index (χ4v) is 0.532. The van der Waals surface area contributed by atoms with Crippen LogP contribution >= 0.6 is 0 Å². The van der Waals surface area contributed by atoms with Gasteiger partial charge in [-0.15, -0.1) is 0 Å². The molecule has 80 valence electrons. The molecule has 0 aliphatic rings. The third-order valence-corrected chi connectivity index (χ3v) is 0.936. The molecule has 1 rings (SSSR count). The first-order chi connectivity index (χ1) is 5.93. The van der Waals surface area contributed by atoms with Crippen molar-refractivity contribution < 1.29 is 9.50 Å². The number of benzene rings is 1. The van der Waals surface area contributed by atoms with Gasteiger partial charge in [0.2, 0.25) is 0 Å². The molecule has 0 amide bonds. The summed E-state index contributed by atoms with van der Waals surface area (Å²) in [5, 5.41) is 0. The van der Waals surface area contributed by atoms with Crippen molar-refractivity contribution >= 4 is 6.29 Å². The number of rotatable bonds is 1. The normalized spacial score (nSPS) is 9.14. The highest BCUT2D eigenvalue weighted by Crippen LogP contribution is 1.91. The van der Waals surface area contributed by atoms with Crippen LogP contribution in [-0.4, -0.2) is 11.8 Å². The van der Waals surface area contributed by atoms with Crippen LogP contribution in [0.2, 0.25) is 0 Å². The maximum Gasteiger partial charge on any atom is 0.150 e. The monoisotopic (exact) mass is 199 g/mol. The van der Waals surface area contributed by atoms with E-state index in [0.717, 1.165) is 11.8 Å². The van der Waals surface area contributed by atoms with Crippen molar-refractivity contribution in [2.75, 3.05) is 0 Å². The van der Waals surface area contributed by atoms with Crippen LogP contribution in [-0.2, 0) is 0 Å². The van der Waals surface area contributed by atoms with E-state index in [1.165, 1.54) is 0 Å². The number of nitrogens with two attached hydrogens (primary N) is 1. The first kappa shape index (κ1) is 15.3. The Balaban J connectivity index is 0. The number of hydrogen-bond acceptors (Lipinski definition) is 2. The average Bonchev–Trinajstić information content (AvgIpc) is 2.03. The van der Waals surface area contributed by atoms with Crippen LogP contribution in [0.25, 0.3) is 0 Å². The highest BCUT2D eigenvalue weighted by molar-refractivity contribution is 5.74. The van der Waals surface area contributed by atoms with Gasteiger partial charge in [-0.1, -0.05) is 30.3 Å². The van der Waals surface area contributed by atoms with E-state index < -0.39 is 0 Å². The van der Waals surface area contributed by atoms with Gasteiger partial charge in [-0.05, 0) is 20.8 Å². The number of carbonyl (C=O) groups is 1. The Morgan fingerprint density at radius 1 is 1.14 bits per heavy atom. The second-order valence-corrected chi connectivity index (χ2v) is 3.89. The van der Waals surface area contributed by atoms with E-state index in [-0.39, 0.29) is 10.2 Å². The summed E-state index contributed by atoms with van der Waals surface area (Å²) in [6.07, 6.45) is 0.833. The maximum atomic E-state index is 10.0. The maximum absolute atomic E-state index is 10.0. The Hall–Kier alpha value is -1.22. The molecule has 2 nitrogen and oxygen atoms in total. The van der Waals surface area contributed by atoms with Gasteiger partial charge >= 0.3 is 0 Å². The molecule has 0 atom stereocenters. The number of carbonyl (C=O) groups excluding carboxylic acids is 1. The fourth-order valence-electron chi connectivity index (χ4n) is 0.532. The lowest BCUT2D eigenvalue weighted by molar-refractivity contribution is 0.112. The molecular formula is C11H18FNO. The van der Waals surface area contributed by atoms with Crippen LogP contribution in [0.1, 0.15) is 31.1 Å². The Morgan fingerprint density at radius 3 is 1.71 bits per heavy atom. The quantitative estimate of drug-likeness (QED) is 0.706. The van der Waals surface area contributed by atoms with E-state index in [1.807, 2.05) is 39.0 Å². The Kier molecular flexibility index (Phi) is 7.86. The molecule has 0 bridgehead atoms. The lowest BCUT2D eigenvalue weighted by atomic mass is 10.1. The smallest absolute Gasteiger partial charge is 0.150 e. The molecule has 0 saturated carbocycles. The molecule has 0 heterocycles. The molecule has 0 aromatic heterocycles. The summed E-state index contributed by atoms with van der Waals surface area (Å²) in [6, 6.07) is 9.10. The van der Waals surface area contributed by atoms with E-state index in [2.05, 4.69) is 0 Å². The van der Waals surface area contributed by atoms with E-state index >= 15 is 0 Å². The molecule has 1 aromatic carbocycles. The predicted molar refractivity (Wildman–Crippen MR) is 58.3 cm³/mol. The van der Waals surface area contributed by atoms with Gasteiger partial charge in [0, 0.05) is 11.1 Å². The topological polar surface area (TPSA) is 43.1 Å². The largest absolute Gasteiger partial charge is 0.326 e. The van der Waals surface area contributed by atoms with Crippen molar-refractivity contribution in [3.8, 4) is 0 Å². The van der Waals surface area contributed by atoms with Gasteiger partial charge in [0.25, 0.3) is 0 Å². The second-order valence-electron chi connectivity index (χ2n) is 3.89. The van der Waals surface area contributed by atoms with Gasteiger partial charge in [-0.2, -0.15) is 0 Å². The fraction of sp³-hybridized carbons (Fsp3) is 0.364. The van der Waals surface area contributed by atoms with Crippen LogP contribution in [0.4, 0.5) is 4.70 Å². The first-order valence-electron chi connectivity index (χ1n) is 4.22. The number of halogens is 1. The molecule has 3 heteroatoms. The van der Waals surface area contributed by atoms with E-state index in [4.69, 9.17) is 5.73 Å². The Morgan fingerprint density at radius 2 is 1.50 bits per heavy atom. The van der Waals surface area contributed by atoms with Crippen LogP contribution in [0.5, 0.6) is 0 Å². The molecule has 1 aromatic rings. The zero-order valence-electron chi connectivity index (χ0n) is 8.86. The van der Waals surface area contributed by atoms with E-state index in [9.17, 15) is 4.79 Å². The molecule has 0 radical (unpaired) electrons. The zero-order chi connectivity index (χ0) is 10.3. The molecule has 2 N–H and O–H groups in total. The van der Waals surface area contributed by atoms with Gasteiger partial charge < -0.3 is 5.73 Å². The van der Waals surface area contributed by atoms with Crippen LogP contribution in [0.3, 0.4) is 0 Å². The minimum atomic E-state index is 0. The minimum absolute atomic E-state index is 0. The average molecular weight is 199 g/mol. The minimum Gasteiger partial charge on any atom is -0.326 e. The summed E-state index contributed by atoms with van der Waals surface area (Å²) in [5.41, 5.74) is 6.08. The third-order valence-electron chi connectivity index (χ3n) is 0.936. The highest BCUT2D eigenvalue weighted by atomic mass is 19.0. The van der Waals surface area contributed by atoms with Crippen molar-refractivity contribution in [3.63, 3.8) is 0 Å². The Labute approximate surface area is 84.5 Å². The number of hydrogen-bond donors (Lipinski definition) is 1. The summed E-state index contributed by atoms with van der Waals surface area (Å²) in [7, 11) is 0. The first-order valence-corrected chi connectivity index (χ1v) is 4.22. The molecule has 0 fully saturated rings. The molecule has 0 aliphatic carbocycles. The molecule has 0 saturated heterocycles. The van der Waals surface area contributed by atoms with E-state index in [1.54, 1.807) is 12.1 Å². The van der Waals surface area contributed by atoms with Gasteiger partial charge in [0.1, 0.15) is 6.29 Å².